The van der Waals surface area contributed by atoms with Gasteiger partial charge in [-0.05, 0) is 42.7 Å². The summed E-state index contributed by atoms with van der Waals surface area (Å²) in [4.78, 5) is 25.6. The van der Waals surface area contributed by atoms with E-state index in [4.69, 9.17) is 11.6 Å². The van der Waals surface area contributed by atoms with E-state index in [-0.39, 0.29) is 29.6 Å². The smallest absolute Gasteiger partial charge is 0.293 e. The van der Waals surface area contributed by atoms with Gasteiger partial charge in [-0.3, -0.25) is 9.69 Å². The summed E-state index contributed by atoms with van der Waals surface area (Å²) in [5, 5.41) is 14.7. The lowest BCUT2D eigenvalue weighted by atomic mass is 10.1. The molecule has 2 atom stereocenters. The van der Waals surface area contributed by atoms with Crippen LogP contribution in [0.1, 0.15) is 28.2 Å². The third-order valence-corrected chi connectivity index (χ3v) is 5.90. The van der Waals surface area contributed by atoms with Crippen LogP contribution < -0.4 is 0 Å². The number of carbonyl (C=O) groups is 1. The highest BCUT2D eigenvalue weighted by atomic mass is 35.5. The van der Waals surface area contributed by atoms with Crippen LogP contribution in [0.25, 0.3) is 5.78 Å². The molecule has 2 aromatic heterocycles. The van der Waals surface area contributed by atoms with Crippen LogP contribution in [0.4, 0.5) is 0 Å². The van der Waals surface area contributed by atoms with Gasteiger partial charge >= 0.3 is 0 Å². The van der Waals surface area contributed by atoms with E-state index in [1.807, 2.05) is 18.0 Å². The van der Waals surface area contributed by atoms with Gasteiger partial charge in [0.2, 0.25) is 5.82 Å². The Labute approximate surface area is 166 Å². The van der Waals surface area contributed by atoms with E-state index in [0.717, 1.165) is 24.1 Å². The zero-order valence-corrected chi connectivity index (χ0v) is 16.0. The summed E-state index contributed by atoms with van der Waals surface area (Å²) >= 11 is 6.26. The van der Waals surface area contributed by atoms with Crippen LogP contribution in [0.2, 0.25) is 5.02 Å². The van der Waals surface area contributed by atoms with Gasteiger partial charge in [-0.15, -0.1) is 5.10 Å². The van der Waals surface area contributed by atoms with E-state index in [1.54, 1.807) is 28.9 Å². The SMILES string of the molecule is Cc1cnc2nc(C(=O)N3C[C@@H]4C[C@H]3CN4Cc3cc(O)ccc3Cl)nn2c1. The van der Waals surface area contributed by atoms with Crippen molar-refractivity contribution in [3.05, 3.63) is 52.6 Å². The number of fused-ring (bicyclic) bond motifs is 3. The summed E-state index contributed by atoms with van der Waals surface area (Å²) in [5.74, 6) is 0.680. The predicted molar refractivity (Wildman–Crippen MR) is 102 cm³/mol. The van der Waals surface area contributed by atoms with Gasteiger partial charge in [-0.25, -0.2) is 9.50 Å². The van der Waals surface area contributed by atoms with Gasteiger partial charge in [0.1, 0.15) is 5.75 Å². The first kappa shape index (κ1) is 17.4. The molecule has 2 fully saturated rings. The highest BCUT2D eigenvalue weighted by Gasteiger charge is 2.46. The lowest BCUT2D eigenvalue weighted by Gasteiger charge is -2.33. The number of rotatable bonds is 3. The molecule has 1 N–H and O–H groups in total. The highest BCUT2D eigenvalue weighted by Crippen LogP contribution is 2.34. The number of likely N-dealkylation sites (tertiary alicyclic amines) is 2. The molecule has 8 nitrogen and oxygen atoms in total. The van der Waals surface area contributed by atoms with Crippen molar-refractivity contribution in [3.8, 4) is 5.75 Å². The maximum absolute atomic E-state index is 12.9. The minimum absolute atomic E-state index is 0.134. The molecule has 0 aliphatic carbocycles. The molecule has 2 aliphatic heterocycles. The van der Waals surface area contributed by atoms with Crippen LogP contribution in [0.15, 0.2) is 30.6 Å². The van der Waals surface area contributed by atoms with E-state index < -0.39 is 0 Å². The summed E-state index contributed by atoms with van der Waals surface area (Å²) in [6, 6.07) is 5.40. The molecular weight excluding hydrogens is 380 g/mol. The normalized spacial score (nSPS) is 21.7. The van der Waals surface area contributed by atoms with E-state index >= 15 is 0 Å². The van der Waals surface area contributed by atoms with E-state index in [1.165, 1.54) is 0 Å². The molecule has 2 bridgehead atoms. The number of nitrogens with zero attached hydrogens (tertiary/aromatic N) is 6. The van der Waals surface area contributed by atoms with Gasteiger partial charge in [0.05, 0.1) is 0 Å². The molecular formula is C19H19ClN6O2. The van der Waals surface area contributed by atoms with Crippen LogP contribution in [0.5, 0.6) is 5.75 Å². The van der Waals surface area contributed by atoms with Gasteiger partial charge in [0.25, 0.3) is 11.7 Å². The molecule has 28 heavy (non-hydrogen) atoms. The van der Waals surface area contributed by atoms with Gasteiger partial charge in [0.15, 0.2) is 0 Å². The van der Waals surface area contributed by atoms with Crippen molar-refractivity contribution in [2.24, 2.45) is 0 Å². The zero-order chi connectivity index (χ0) is 19.4. The molecule has 3 aromatic rings. The molecule has 1 amide bonds. The minimum Gasteiger partial charge on any atom is -0.508 e. The Bertz CT molecular complexity index is 1080. The van der Waals surface area contributed by atoms with Crippen molar-refractivity contribution in [1.82, 2.24) is 29.4 Å². The zero-order valence-electron chi connectivity index (χ0n) is 15.3. The van der Waals surface area contributed by atoms with Crippen LogP contribution >= 0.6 is 11.6 Å². The first-order valence-corrected chi connectivity index (χ1v) is 9.57. The first-order valence-electron chi connectivity index (χ1n) is 9.19. The fourth-order valence-corrected chi connectivity index (χ4v) is 4.36. The highest BCUT2D eigenvalue weighted by molar-refractivity contribution is 6.31. The number of carbonyl (C=O) groups excluding carboxylic acids is 1. The number of piperazine rings is 1. The lowest BCUT2D eigenvalue weighted by molar-refractivity contribution is 0.0604. The number of phenols is 1. The quantitative estimate of drug-likeness (QED) is 0.725. The molecule has 2 saturated heterocycles. The van der Waals surface area contributed by atoms with Crippen LogP contribution in [-0.2, 0) is 6.54 Å². The number of benzene rings is 1. The number of aryl methyl sites for hydroxylation is 1. The number of hydrogen-bond donors (Lipinski definition) is 1. The minimum atomic E-state index is -0.148. The third kappa shape index (κ3) is 2.89. The number of aromatic nitrogens is 4. The second-order valence-corrected chi connectivity index (χ2v) is 7.92. The molecule has 9 heteroatoms. The van der Waals surface area contributed by atoms with Crippen molar-refractivity contribution < 1.29 is 9.90 Å². The van der Waals surface area contributed by atoms with Crippen molar-refractivity contribution in [2.75, 3.05) is 13.1 Å². The van der Waals surface area contributed by atoms with Gasteiger partial charge in [-0.1, -0.05) is 11.6 Å². The van der Waals surface area contributed by atoms with Crippen molar-refractivity contribution in [1.29, 1.82) is 0 Å². The molecule has 2 aliphatic rings. The monoisotopic (exact) mass is 398 g/mol. The third-order valence-electron chi connectivity index (χ3n) is 5.53. The van der Waals surface area contributed by atoms with Crippen LogP contribution in [-0.4, -0.2) is 65.6 Å². The summed E-state index contributed by atoms with van der Waals surface area (Å²) in [6.45, 7) is 3.99. The summed E-state index contributed by atoms with van der Waals surface area (Å²) in [6.07, 6.45) is 4.44. The molecule has 0 saturated carbocycles. The largest absolute Gasteiger partial charge is 0.508 e. The summed E-state index contributed by atoms with van der Waals surface area (Å²) in [7, 11) is 0. The Kier molecular flexibility index (Phi) is 3.99. The van der Waals surface area contributed by atoms with E-state index in [2.05, 4.69) is 20.0 Å². The summed E-state index contributed by atoms with van der Waals surface area (Å²) in [5.41, 5.74) is 1.86. The van der Waals surface area contributed by atoms with Gasteiger partial charge in [0, 0.05) is 49.1 Å². The Hall–Kier alpha value is -2.71. The number of halogens is 1. The molecule has 1 aromatic carbocycles. The van der Waals surface area contributed by atoms with Gasteiger partial charge < -0.3 is 10.0 Å². The molecule has 4 heterocycles. The standard InChI is InChI=1S/C19H19ClN6O2/c1-11-6-21-19-22-17(23-26(19)7-11)18(28)25-10-13-5-14(25)9-24(13)8-12-4-15(27)2-3-16(12)20/h2-4,6-7,13-14,27H,5,8-10H2,1H3/t13-,14-/m0/s1. The Morgan fingerprint density at radius 3 is 2.96 bits per heavy atom. The maximum atomic E-state index is 12.9. The van der Waals surface area contributed by atoms with Crippen molar-refractivity contribution in [3.63, 3.8) is 0 Å². The lowest BCUT2D eigenvalue weighted by Crippen LogP contribution is -2.48. The van der Waals surface area contributed by atoms with Crippen molar-refractivity contribution >= 4 is 23.3 Å². The fourth-order valence-electron chi connectivity index (χ4n) is 4.19. The molecule has 0 radical (unpaired) electrons. The predicted octanol–water partition coefficient (Wildman–Crippen LogP) is 1.89. The Balaban J connectivity index is 1.31. The average molecular weight is 399 g/mol. The number of aromatic hydroxyl groups is 1. The van der Waals surface area contributed by atoms with Gasteiger partial charge in [-0.2, -0.15) is 4.98 Å². The summed E-state index contributed by atoms with van der Waals surface area (Å²) < 4.78 is 1.55. The van der Waals surface area contributed by atoms with Crippen molar-refractivity contribution in [2.45, 2.75) is 32.0 Å². The van der Waals surface area contributed by atoms with Crippen LogP contribution in [0.3, 0.4) is 0 Å². The van der Waals surface area contributed by atoms with E-state index in [0.29, 0.717) is 23.9 Å². The number of amides is 1. The molecule has 144 valence electrons. The van der Waals surface area contributed by atoms with Crippen LogP contribution in [0, 0.1) is 6.92 Å². The second-order valence-electron chi connectivity index (χ2n) is 7.52. The molecule has 0 spiro atoms. The Morgan fingerprint density at radius 1 is 1.32 bits per heavy atom. The molecule has 5 rings (SSSR count). The molecule has 0 unspecified atom stereocenters. The average Bonchev–Trinajstić information content (AvgIpc) is 3.37. The second kappa shape index (κ2) is 6.42. The fraction of sp³-hybridized carbons (Fsp3) is 0.368. The number of hydrogen-bond acceptors (Lipinski definition) is 6. The first-order chi connectivity index (χ1) is 13.5. The topological polar surface area (TPSA) is 86.9 Å². The maximum Gasteiger partial charge on any atom is 0.293 e. The van der Waals surface area contributed by atoms with E-state index in [9.17, 15) is 9.90 Å². The Morgan fingerprint density at radius 2 is 2.18 bits per heavy atom. The number of phenolic OH excluding ortho intramolecular Hbond substituents is 1.